The van der Waals surface area contributed by atoms with Crippen molar-refractivity contribution < 1.29 is 34.1 Å². The van der Waals surface area contributed by atoms with Crippen molar-refractivity contribution in [2.45, 2.75) is 0 Å². The van der Waals surface area contributed by atoms with Gasteiger partial charge in [0.15, 0.2) is 0 Å². The third-order valence-corrected chi connectivity index (χ3v) is 0. The van der Waals surface area contributed by atoms with Crippen LogP contribution in [0.15, 0.2) is 0 Å². The molecule has 0 spiro atoms. The third-order valence-electron chi connectivity index (χ3n) is 0. The summed E-state index contributed by atoms with van der Waals surface area (Å²) in [5.41, 5.74) is 0. The van der Waals surface area contributed by atoms with Crippen LogP contribution in [0.5, 0.6) is 0 Å². The zero-order valence-electron chi connectivity index (χ0n) is 12.5. The van der Waals surface area contributed by atoms with Crippen LogP contribution < -0.4 is 0 Å². The van der Waals surface area contributed by atoms with E-state index in [0.29, 0.717) is 0 Å². The Kier molecular flexibility index (Phi) is 1840. The second-order valence-electron chi connectivity index (χ2n) is 0. The average Bonchev–Trinajstić information content (AvgIpc) is 2.84. The van der Waals surface area contributed by atoms with Gasteiger partial charge in [-0.05, 0) is 0 Å². The molecule has 0 fully saturated rings. The molecule has 0 aliphatic carbocycles. The van der Waals surface area contributed by atoms with Crippen LogP contribution >= 0.6 is 0 Å². The molecule has 0 amide bonds. The minimum Gasteiger partial charge on any atom is -0.512 e. The van der Waals surface area contributed by atoms with Crippen molar-refractivity contribution in [2.75, 3.05) is 0 Å². The van der Waals surface area contributed by atoms with Crippen LogP contribution in [0.25, 0.3) is 0 Å². The molecule has 0 aromatic carbocycles. The van der Waals surface area contributed by atoms with Gasteiger partial charge in [0, 0.05) is 73.6 Å². The van der Waals surface area contributed by atoms with Crippen LogP contribution in [0.3, 0.4) is 0 Å². The molecule has 0 aliphatic heterocycles. The molecule has 0 N–H and O–H groups in total. The number of nitriles is 6. The summed E-state index contributed by atoms with van der Waals surface area (Å²) < 4.78 is 0. The van der Waals surface area contributed by atoms with E-state index in [9.17, 15) is 0 Å². The molecule has 0 saturated carbocycles. The fourth-order valence-corrected chi connectivity index (χ4v) is 0. The Balaban J connectivity index is -0.00000000500. The minimum absolute atomic E-state index is 0. The van der Waals surface area contributed by atoms with Crippen LogP contribution in [0.4, 0.5) is 0 Å². The monoisotopic (exact) mass is 437 g/mol. The van der Waals surface area contributed by atoms with Crippen LogP contribution in [0.1, 0.15) is 0 Å². The van der Waals surface area contributed by atoms with E-state index >= 15 is 0 Å². The van der Waals surface area contributed by atoms with Crippen LogP contribution in [-0.2, 0) is 34.1 Å². The quantitative estimate of drug-likeness (QED) is 0.383. The normalized spacial score (nSPS) is 0.923. The van der Waals surface area contributed by atoms with Gasteiger partial charge in [-0.2, -0.15) is 0 Å². The molecular weight excluding hydrogens is 432 g/mol. The molecule has 0 aliphatic rings. The first kappa shape index (κ1) is 173. The third kappa shape index (κ3) is 235. The molecule has 1 radical (unpaired) electrons. The van der Waals surface area contributed by atoms with E-state index < -0.39 is 0 Å². The van der Waals surface area contributed by atoms with Crippen LogP contribution in [0, 0.1) is 142 Å². The topological polar surface area (TPSA) is 285 Å². The van der Waals surface area contributed by atoms with Crippen molar-refractivity contribution in [1.82, 2.24) is 0 Å². The number of nitrogens with zero attached hydrogens (tertiary/aromatic N) is 12. The molecule has 0 saturated heterocycles. The molecule has 0 aromatic rings. The van der Waals surface area contributed by atoms with Gasteiger partial charge in [0.2, 0.25) is 0 Å². The van der Waals surface area contributed by atoms with Crippen LogP contribution in [0.2, 0.25) is 0 Å². The Morgan fingerprint density at radius 2 is 0.269 bits per heavy atom. The Morgan fingerprint density at radius 1 is 0.269 bits per heavy atom. The Hall–Kier alpha value is -5.08. The molecule has 0 rings (SSSR count). The predicted octanol–water partition coefficient (Wildman–Crippen LogP) is 1.41. The fourth-order valence-electron chi connectivity index (χ4n) is 0. The van der Waals surface area contributed by atoms with Gasteiger partial charge in [0.05, 0.1) is 0 Å². The Bertz CT molecular complexity index is 222. The van der Waals surface area contributed by atoms with Gasteiger partial charge in [0.25, 0.3) is 0 Å². The Morgan fingerprint density at radius 3 is 0.269 bits per heavy atom. The van der Waals surface area contributed by atoms with Crippen molar-refractivity contribution in [3.05, 3.63) is 39.4 Å². The van der Waals surface area contributed by atoms with E-state index in [2.05, 4.69) is 39.4 Å². The summed E-state index contributed by atoms with van der Waals surface area (Å²) >= 11 is 0. The van der Waals surface area contributed by atoms with Gasteiger partial charge in [-0.15, -0.1) is 0 Å². The molecule has 0 atom stereocenters. The fraction of sp³-hybridized carbons (Fsp3) is 0. The average molecular weight is 438 g/mol. The van der Waals surface area contributed by atoms with E-state index in [1.54, 1.807) is 0 Å². The summed E-state index contributed by atoms with van der Waals surface area (Å²) in [4.78, 5) is 0. The summed E-state index contributed by atoms with van der Waals surface area (Å²) in [6.45, 7) is 49.5. The van der Waals surface area contributed by atoms with Gasteiger partial charge < -0.3 is 71.0 Å². The van der Waals surface area contributed by atoms with E-state index in [0.717, 1.165) is 0 Å². The van der Waals surface area contributed by atoms with Gasteiger partial charge in [0.1, 0.15) is 0 Å². The summed E-state index contributed by atoms with van der Waals surface area (Å²) in [5.74, 6) is 0. The summed E-state index contributed by atoms with van der Waals surface area (Å²) in [7, 11) is 0. The molecule has 14 heteroatoms. The maximum absolute atomic E-state index is 6.50. The number of hydrogen-bond acceptors (Lipinski definition) is 12. The molecule has 0 unspecified atom stereocenters. The van der Waals surface area contributed by atoms with Crippen molar-refractivity contribution in [3.8, 4) is 39.4 Å². The summed E-state index contributed by atoms with van der Waals surface area (Å²) in [6, 6.07) is 0. The van der Waals surface area contributed by atoms with E-state index in [1.807, 2.05) is 0 Å². The first-order chi connectivity index (χ1) is 12.0. The van der Waals surface area contributed by atoms with Crippen molar-refractivity contribution in [3.63, 3.8) is 0 Å². The zero-order chi connectivity index (χ0) is 24.0. The molecule has 0 bridgehead atoms. The second-order valence-corrected chi connectivity index (χ2v) is 0. The van der Waals surface area contributed by atoms with E-state index in [4.69, 9.17) is 103 Å². The predicted molar refractivity (Wildman–Crippen MR) is 69.8 cm³/mol. The van der Waals surface area contributed by atoms with E-state index in [1.165, 1.54) is 0 Å². The summed E-state index contributed by atoms with van der Waals surface area (Å²) in [5, 5.41) is 76.5. The second kappa shape index (κ2) is 276. The summed E-state index contributed by atoms with van der Waals surface area (Å²) in [6.07, 6.45) is 0. The molecule has 26 heavy (non-hydrogen) atoms. The minimum atomic E-state index is 0. The Labute approximate surface area is 176 Å². The number of rotatable bonds is 0. The van der Waals surface area contributed by atoms with Crippen molar-refractivity contribution in [1.29, 1.82) is 63.1 Å². The molecule has 139 valence electrons. The molecule has 12 nitrogen and oxygen atoms in total. The maximum atomic E-state index is 6.50. The van der Waals surface area contributed by atoms with Crippen molar-refractivity contribution in [2.24, 2.45) is 0 Å². The number of hydrogen-bond donors (Lipinski definition) is 0. The van der Waals surface area contributed by atoms with Gasteiger partial charge >= 0.3 is 0 Å². The van der Waals surface area contributed by atoms with Gasteiger partial charge in [-0.3, -0.25) is 0 Å². The standard InChI is InChI=1S/6CHN.6CN.Cu.Fe/c12*1-2;;/h6*1H;;;;;;;;/q;;;;;;6*-1;;. The van der Waals surface area contributed by atoms with Crippen molar-refractivity contribution >= 4 is 0 Å². The zero-order valence-corrected chi connectivity index (χ0v) is 14.5. The SMILES string of the molecule is C#N.C#N.C#N.C#N.C#N.C#N.[C-]#N.[C-]#N.[C-]#N.[C-]#N.[C-]#N.[C-]#N.[Cu].[Fe]. The molecule has 0 aromatic heterocycles. The first-order valence-electron chi connectivity index (χ1n) is 2.89. The van der Waals surface area contributed by atoms with E-state index in [-0.39, 0.29) is 34.1 Å². The largest absolute Gasteiger partial charge is 0.512 e. The van der Waals surface area contributed by atoms with Gasteiger partial charge in [-0.25, -0.2) is 31.6 Å². The van der Waals surface area contributed by atoms with Gasteiger partial charge in [-0.1, -0.05) is 0 Å². The smallest absolute Gasteiger partial charge is 0.0462 e. The van der Waals surface area contributed by atoms with Crippen LogP contribution in [-0.4, -0.2) is 0 Å². The maximum Gasteiger partial charge on any atom is 0.0462 e. The first-order valence-corrected chi connectivity index (χ1v) is 2.89. The molecule has 0 heterocycles. The molecular formula is C12H6CuFeN12-6.